The lowest BCUT2D eigenvalue weighted by atomic mass is 9.95. The molecular formula is C15H28N2O. The summed E-state index contributed by atoms with van der Waals surface area (Å²) in [4.78, 5) is 11.6. The van der Waals surface area contributed by atoms with Gasteiger partial charge in [0.15, 0.2) is 11.3 Å². The summed E-state index contributed by atoms with van der Waals surface area (Å²) >= 11 is 0. The summed E-state index contributed by atoms with van der Waals surface area (Å²) in [5.74, 6) is -0.132. The van der Waals surface area contributed by atoms with Crippen LogP contribution < -0.4 is 5.73 Å². The van der Waals surface area contributed by atoms with Gasteiger partial charge in [-0.2, -0.15) is 5.26 Å². The van der Waals surface area contributed by atoms with Crippen LogP contribution in [0.5, 0.6) is 0 Å². The number of ketones is 1. The zero-order valence-corrected chi connectivity index (χ0v) is 12.0. The molecule has 0 amide bonds. The van der Waals surface area contributed by atoms with Gasteiger partial charge in [-0.25, -0.2) is 0 Å². The van der Waals surface area contributed by atoms with E-state index >= 15 is 0 Å². The molecule has 0 saturated heterocycles. The lowest BCUT2D eigenvalue weighted by Gasteiger charge is -2.13. The van der Waals surface area contributed by atoms with E-state index in [1.807, 2.05) is 6.07 Å². The molecule has 1 unspecified atom stereocenters. The van der Waals surface area contributed by atoms with E-state index in [9.17, 15) is 4.79 Å². The van der Waals surface area contributed by atoms with Crippen LogP contribution in [0.2, 0.25) is 0 Å². The molecule has 0 aliphatic rings. The SMILES string of the molecule is CCCCCCCCCCCC(=O)C(C)(N)C#N. The number of carbonyl (C=O) groups is 1. The molecule has 2 N–H and O–H groups in total. The zero-order valence-electron chi connectivity index (χ0n) is 12.0. The lowest BCUT2D eigenvalue weighted by molar-refractivity contribution is -0.122. The number of carbonyl (C=O) groups excluding carboxylic acids is 1. The molecule has 18 heavy (non-hydrogen) atoms. The number of unbranched alkanes of at least 4 members (excludes halogenated alkanes) is 8. The topological polar surface area (TPSA) is 66.9 Å². The second-order valence-electron chi connectivity index (χ2n) is 5.32. The number of nitrogens with two attached hydrogens (primary N) is 1. The van der Waals surface area contributed by atoms with E-state index in [1.165, 1.54) is 51.9 Å². The fourth-order valence-electron chi connectivity index (χ4n) is 1.92. The van der Waals surface area contributed by atoms with Gasteiger partial charge < -0.3 is 5.73 Å². The second-order valence-corrected chi connectivity index (χ2v) is 5.32. The third-order valence-electron chi connectivity index (χ3n) is 3.32. The van der Waals surface area contributed by atoms with Gasteiger partial charge >= 0.3 is 0 Å². The number of rotatable bonds is 11. The molecule has 0 heterocycles. The smallest absolute Gasteiger partial charge is 0.166 e. The minimum atomic E-state index is -1.29. The number of nitriles is 1. The minimum Gasteiger partial charge on any atom is -0.307 e. The van der Waals surface area contributed by atoms with Gasteiger partial charge in [0, 0.05) is 6.42 Å². The van der Waals surface area contributed by atoms with Crippen molar-refractivity contribution in [3.8, 4) is 6.07 Å². The first-order chi connectivity index (χ1) is 8.54. The molecule has 0 aromatic carbocycles. The molecule has 0 aromatic rings. The van der Waals surface area contributed by atoms with Crippen LogP contribution in [0.25, 0.3) is 0 Å². The molecule has 0 rings (SSSR count). The predicted molar refractivity (Wildman–Crippen MR) is 75.1 cm³/mol. The van der Waals surface area contributed by atoms with E-state index in [0.29, 0.717) is 6.42 Å². The largest absolute Gasteiger partial charge is 0.307 e. The molecule has 0 aliphatic heterocycles. The summed E-state index contributed by atoms with van der Waals surface area (Å²) in [5.41, 5.74) is 4.27. The van der Waals surface area contributed by atoms with Crippen LogP contribution >= 0.6 is 0 Å². The minimum absolute atomic E-state index is 0.132. The van der Waals surface area contributed by atoms with Crippen molar-refractivity contribution in [1.29, 1.82) is 5.26 Å². The molecule has 0 saturated carbocycles. The third kappa shape index (κ3) is 8.25. The van der Waals surface area contributed by atoms with Gasteiger partial charge in [0.1, 0.15) is 0 Å². The molecule has 0 radical (unpaired) electrons. The molecule has 3 nitrogen and oxygen atoms in total. The Balaban J connectivity index is 3.36. The van der Waals surface area contributed by atoms with Gasteiger partial charge in [0.05, 0.1) is 6.07 Å². The van der Waals surface area contributed by atoms with E-state index < -0.39 is 5.54 Å². The first kappa shape index (κ1) is 17.1. The molecule has 104 valence electrons. The van der Waals surface area contributed by atoms with Crippen molar-refractivity contribution >= 4 is 5.78 Å². The van der Waals surface area contributed by atoms with Gasteiger partial charge in [-0.1, -0.05) is 58.3 Å². The Hall–Kier alpha value is -0.880. The quantitative estimate of drug-likeness (QED) is 0.570. The Kier molecular flexibility index (Phi) is 9.59. The Morgan fingerprint density at radius 2 is 1.50 bits per heavy atom. The van der Waals surface area contributed by atoms with Crippen LogP contribution in [0.15, 0.2) is 0 Å². The highest BCUT2D eigenvalue weighted by Gasteiger charge is 2.26. The molecular weight excluding hydrogens is 224 g/mol. The highest BCUT2D eigenvalue weighted by Crippen LogP contribution is 2.12. The van der Waals surface area contributed by atoms with Gasteiger partial charge in [-0.3, -0.25) is 4.79 Å². The van der Waals surface area contributed by atoms with Gasteiger partial charge in [-0.05, 0) is 13.3 Å². The normalized spacial score (nSPS) is 13.9. The number of hydrogen-bond donors (Lipinski definition) is 1. The second kappa shape index (κ2) is 10.1. The number of hydrogen-bond acceptors (Lipinski definition) is 3. The Morgan fingerprint density at radius 3 is 1.94 bits per heavy atom. The van der Waals surface area contributed by atoms with E-state index in [2.05, 4.69) is 6.92 Å². The molecule has 0 aliphatic carbocycles. The first-order valence-electron chi connectivity index (χ1n) is 7.28. The van der Waals surface area contributed by atoms with E-state index in [0.717, 1.165) is 12.8 Å². The standard InChI is InChI=1S/C15H28N2O/c1-3-4-5-6-7-8-9-10-11-12-14(18)15(2,17)13-16/h3-12,17H2,1-2H3. The van der Waals surface area contributed by atoms with Crippen molar-refractivity contribution in [2.45, 2.75) is 83.6 Å². The van der Waals surface area contributed by atoms with Crippen molar-refractivity contribution in [3.05, 3.63) is 0 Å². The predicted octanol–water partition coefficient (Wildman–Crippen LogP) is 3.72. The highest BCUT2D eigenvalue weighted by atomic mass is 16.1. The maximum atomic E-state index is 11.6. The van der Waals surface area contributed by atoms with Crippen LogP contribution in [0.1, 0.15) is 78.1 Å². The van der Waals surface area contributed by atoms with E-state index in [1.54, 1.807) is 0 Å². The van der Waals surface area contributed by atoms with Crippen molar-refractivity contribution in [1.82, 2.24) is 0 Å². The van der Waals surface area contributed by atoms with Gasteiger partial charge in [0.25, 0.3) is 0 Å². The Bertz CT molecular complexity index is 266. The maximum Gasteiger partial charge on any atom is 0.166 e. The first-order valence-corrected chi connectivity index (χ1v) is 7.28. The average Bonchev–Trinajstić information content (AvgIpc) is 2.36. The van der Waals surface area contributed by atoms with Crippen LogP contribution in [0, 0.1) is 11.3 Å². The van der Waals surface area contributed by atoms with Crippen molar-refractivity contribution in [3.63, 3.8) is 0 Å². The third-order valence-corrected chi connectivity index (χ3v) is 3.32. The fourth-order valence-corrected chi connectivity index (χ4v) is 1.92. The molecule has 0 aromatic heterocycles. The summed E-state index contributed by atoms with van der Waals surface area (Å²) in [6, 6.07) is 1.85. The van der Waals surface area contributed by atoms with Crippen LogP contribution in [0.4, 0.5) is 0 Å². The monoisotopic (exact) mass is 252 g/mol. The summed E-state index contributed by atoms with van der Waals surface area (Å²) in [5, 5.41) is 8.71. The fraction of sp³-hybridized carbons (Fsp3) is 0.867. The number of Topliss-reactive ketones (excluding diaryl/α,β-unsaturated/α-hetero) is 1. The summed E-state index contributed by atoms with van der Waals surface area (Å²) < 4.78 is 0. The summed E-state index contributed by atoms with van der Waals surface area (Å²) in [6.45, 7) is 3.71. The van der Waals surface area contributed by atoms with Crippen molar-refractivity contribution in [2.75, 3.05) is 0 Å². The van der Waals surface area contributed by atoms with E-state index in [-0.39, 0.29) is 5.78 Å². The molecule has 1 atom stereocenters. The molecule has 3 heteroatoms. The van der Waals surface area contributed by atoms with Crippen LogP contribution in [-0.2, 0) is 4.79 Å². The Morgan fingerprint density at radius 1 is 1.06 bits per heavy atom. The van der Waals surface area contributed by atoms with Gasteiger partial charge in [0.2, 0.25) is 0 Å². The lowest BCUT2D eigenvalue weighted by Crippen LogP contribution is -2.43. The van der Waals surface area contributed by atoms with Crippen molar-refractivity contribution in [2.24, 2.45) is 5.73 Å². The molecule has 0 fully saturated rings. The number of nitrogens with zero attached hydrogens (tertiary/aromatic N) is 1. The molecule has 0 spiro atoms. The summed E-state index contributed by atoms with van der Waals surface area (Å²) in [6.07, 6.45) is 11.4. The van der Waals surface area contributed by atoms with Gasteiger partial charge in [-0.15, -0.1) is 0 Å². The summed E-state index contributed by atoms with van der Waals surface area (Å²) in [7, 11) is 0. The van der Waals surface area contributed by atoms with Crippen LogP contribution in [-0.4, -0.2) is 11.3 Å². The highest BCUT2D eigenvalue weighted by molar-refractivity contribution is 5.90. The van der Waals surface area contributed by atoms with Crippen molar-refractivity contribution < 1.29 is 4.79 Å². The maximum absolute atomic E-state index is 11.6. The van der Waals surface area contributed by atoms with E-state index in [4.69, 9.17) is 11.0 Å². The van der Waals surface area contributed by atoms with Crippen LogP contribution in [0.3, 0.4) is 0 Å². The Labute approximate surface area is 112 Å². The zero-order chi connectivity index (χ0) is 13.9. The molecule has 0 bridgehead atoms. The average molecular weight is 252 g/mol.